The zero-order valence-corrected chi connectivity index (χ0v) is 15.1. The van der Waals surface area contributed by atoms with Gasteiger partial charge in [0.1, 0.15) is 12.4 Å². The lowest BCUT2D eigenvalue weighted by molar-refractivity contribution is -0.137. The first-order valence-electron chi connectivity index (χ1n) is 8.18. The van der Waals surface area contributed by atoms with E-state index < -0.39 is 5.97 Å². The number of aliphatic carboxylic acids is 1. The van der Waals surface area contributed by atoms with Crippen molar-refractivity contribution in [3.8, 4) is 5.75 Å². The number of halogens is 2. The molecule has 132 valence electrons. The lowest BCUT2D eigenvalue weighted by Gasteiger charge is -2.25. The van der Waals surface area contributed by atoms with Gasteiger partial charge in [0.25, 0.3) is 0 Å². The van der Waals surface area contributed by atoms with E-state index in [1.54, 1.807) is 12.1 Å². The van der Waals surface area contributed by atoms with Crippen LogP contribution in [0.15, 0.2) is 42.5 Å². The van der Waals surface area contributed by atoms with E-state index >= 15 is 0 Å². The summed E-state index contributed by atoms with van der Waals surface area (Å²) in [5.74, 6) is -0.0135. The molecule has 1 aliphatic rings. The van der Waals surface area contributed by atoms with Crippen molar-refractivity contribution in [2.75, 3.05) is 11.4 Å². The number of ether oxygens (including phenoxy) is 1. The monoisotopic (exact) mass is 379 g/mol. The maximum atomic E-state index is 11.0. The number of anilines is 1. The number of carbonyl (C=O) groups is 1. The summed E-state index contributed by atoms with van der Waals surface area (Å²) in [4.78, 5) is 13.1. The summed E-state index contributed by atoms with van der Waals surface area (Å²) in [6, 6.07) is 13.1. The smallest absolute Gasteiger partial charge is 0.305 e. The number of carboxylic acids is 1. The molecule has 1 aliphatic heterocycles. The minimum Gasteiger partial charge on any atom is -0.489 e. The average Bonchev–Trinajstić information content (AvgIpc) is 3.02. The van der Waals surface area contributed by atoms with Crippen molar-refractivity contribution in [3.05, 3.63) is 58.1 Å². The predicted octanol–water partition coefficient (Wildman–Crippen LogP) is 5.02. The van der Waals surface area contributed by atoms with Crippen molar-refractivity contribution in [3.63, 3.8) is 0 Å². The van der Waals surface area contributed by atoms with Gasteiger partial charge in [0.2, 0.25) is 0 Å². The maximum absolute atomic E-state index is 11.0. The summed E-state index contributed by atoms with van der Waals surface area (Å²) in [5.41, 5.74) is 1.90. The first-order valence-corrected chi connectivity index (χ1v) is 8.94. The van der Waals surface area contributed by atoms with Crippen LogP contribution in [0.5, 0.6) is 5.75 Å². The van der Waals surface area contributed by atoms with E-state index in [1.807, 2.05) is 30.3 Å². The predicted molar refractivity (Wildman–Crippen MR) is 99.9 cm³/mol. The van der Waals surface area contributed by atoms with Gasteiger partial charge in [-0.3, -0.25) is 4.79 Å². The van der Waals surface area contributed by atoms with E-state index in [0.717, 1.165) is 36.4 Å². The lowest BCUT2D eigenvalue weighted by Crippen LogP contribution is -2.31. The van der Waals surface area contributed by atoms with Crippen molar-refractivity contribution in [2.45, 2.75) is 31.9 Å². The number of hydrogen-bond acceptors (Lipinski definition) is 3. The Bertz CT molecular complexity index is 749. The largest absolute Gasteiger partial charge is 0.489 e. The van der Waals surface area contributed by atoms with Crippen LogP contribution in [0.1, 0.15) is 24.8 Å². The third kappa shape index (κ3) is 4.59. The Kier molecular flexibility index (Phi) is 5.71. The first kappa shape index (κ1) is 17.9. The van der Waals surface area contributed by atoms with Crippen molar-refractivity contribution >= 4 is 34.9 Å². The van der Waals surface area contributed by atoms with Crippen molar-refractivity contribution in [1.82, 2.24) is 0 Å². The minimum absolute atomic E-state index is 0.0668. The third-order valence-corrected chi connectivity index (χ3v) is 4.95. The Morgan fingerprint density at radius 1 is 1.20 bits per heavy atom. The number of hydrogen-bond donors (Lipinski definition) is 1. The van der Waals surface area contributed by atoms with Crippen LogP contribution in [0.4, 0.5) is 5.69 Å². The highest BCUT2D eigenvalue weighted by Crippen LogP contribution is 2.29. The van der Waals surface area contributed by atoms with E-state index in [2.05, 4.69) is 4.90 Å². The Morgan fingerprint density at radius 3 is 2.64 bits per heavy atom. The highest BCUT2D eigenvalue weighted by Gasteiger charge is 2.26. The topological polar surface area (TPSA) is 49.8 Å². The van der Waals surface area contributed by atoms with E-state index in [1.165, 1.54) is 0 Å². The van der Waals surface area contributed by atoms with E-state index in [0.29, 0.717) is 16.7 Å². The normalized spacial score (nSPS) is 16.9. The molecule has 0 radical (unpaired) electrons. The highest BCUT2D eigenvalue weighted by molar-refractivity contribution is 6.35. The molecule has 6 heteroatoms. The quantitative estimate of drug-likeness (QED) is 0.765. The highest BCUT2D eigenvalue weighted by atomic mass is 35.5. The van der Waals surface area contributed by atoms with Gasteiger partial charge in [-0.05, 0) is 49.2 Å². The molecule has 2 aromatic carbocycles. The van der Waals surface area contributed by atoms with Gasteiger partial charge in [-0.1, -0.05) is 29.3 Å². The zero-order valence-electron chi connectivity index (χ0n) is 13.6. The van der Waals surface area contributed by atoms with Gasteiger partial charge < -0.3 is 14.7 Å². The van der Waals surface area contributed by atoms with Gasteiger partial charge in [0.15, 0.2) is 0 Å². The van der Waals surface area contributed by atoms with Crippen LogP contribution in [-0.4, -0.2) is 23.7 Å². The molecule has 0 amide bonds. The van der Waals surface area contributed by atoms with E-state index in [-0.39, 0.29) is 12.5 Å². The second kappa shape index (κ2) is 7.98. The van der Waals surface area contributed by atoms with Gasteiger partial charge >= 0.3 is 5.97 Å². The van der Waals surface area contributed by atoms with Crippen LogP contribution >= 0.6 is 23.2 Å². The summed E-state index contributed by atoms with van der Waals surface area (Å²) < 4.78 is 5.78. The number of rotatable bonds is 6. The van der Waals surface area contributed by atoms with Crippen molar-refractivity contribution in [2.24, 2.45) is 0 Å². The minimum atomic E-state index is -0.753. The van der Waals surface area contributed by atoms with Crippen LogP contribution in [0.3, 0.4) is 0 Å². The molecule has 0 aromatic heterocycles. The first-order chi connectivity index (χ1) is 12.0. The number of carboxylic acid groups (broad SMARTS) is 1. The van der Waals surface area contributed by atoms with Crippen molar-refractivity contribution < 1.29 is 14.6 Å². The summed E-state index contributed by atoms with van der Waals surface area (Å²) in [6.45, 7) is 1.25. The number of nitrogens with zero attached hydrogens (tertiary/aromatic N) is 1. The van der Waals surface area contributed by atoms with Crippen LogP contribution in [0.2, 0.25) is 10.0 Å². The fourth-order valence-corrected chi connectivity index (χ4v) is 3.59. The van der Waals surface area contributed by atoms with Gasteiger partial charge in [-0.15, -0.1) is 0 Å². The molecule has 0 aliphatic carbocycles. The molecular formula is C19H19Cl2NO3. The summed E-state index contributed by atoms with van der Waals surface area (Å²) in [5, 5.41) is 10.2. The molecule has 2 aromatic rings. The molecule has 1 N–H and O–H groups in total. The van der Waals surface area contributed by atoms with Gasteiger partial charge in [0.05, 0.1) is 6.42 Å². The third-order valence-electron chi connectivity index (χ3n) is 4.37. The Hall–Kier alpha value is -1.91. The van der Waals surface area contributed by atoms with Crippen LogP contribution in [0, 0.1) is 0 Å². The fourth-order valence-electron chi connectivity index (χ4n) is 3.12. The average molecular weight is 380 g/mol. The maximum Gasteiger partial charge on any atom is 0.305 e. The molecule has 1 saturated heterocycles. The number of benzene rings is 2. The molecule has 25 heavy (non-hydrogen) atoms. The molecule has 1 atom stereocenters. The summed E-state index contributed by atoms with van der Waals surface area (Å²) in [7, 11) is 0. The summed E-state index contributed by atoms with van der Waals surface area (Å²) in [6.07, 6.45) is 2.11. The van der Waals surface area contributed by atoms with Gasteiger partial charge in [0, 0.05) is 33.9 Å². The SMILES string of the molecule is O=C(O)C[C@H]1CCCN1c1ccc(OCc2ccc(Cl)cc2Cl)cc1. The molecule has 0 unspecified atom stereocenters. The molecule has 1 fully saturated rings. The fraction of sp³-hybridized carbons (Fsp3) is 0.316. The lowest BCUT2D eigenvalue weighted by atomic mass is 10.1. The second-order valence-corrected chi connectivity index (χ2v) is 6.95. The van der Waals surface area contributed by atoms with E-state index in [4.69, 9.17) is 33.0 Å². The molecule has 1 heterocycles. The Morgan fingerprint density at radius 2 is 1.96 bits per heavy atom. The Labute approximate surface area is 156 Å². The molecule has 0 saturated carbocycles. The summed E-state index contributed by atoms with van der Waals surface area (Å²) >= 11 is 12.0. The van der Waals surface area contributed by atoms with Gasteiger partial charge in [-0.25, -0.2) is 0 Å². The van der Waals surface area contributed by atoms with Gasteiger partial charge in [-0.2, -0.15) is 0 Å². The zero-order chi connectivity index (χ0) is 17.8. The van der Waals surface area contributed by atoms with Crippen LogP contribution < -0.4 is 9.64 Å². The standard InChI is InChI=1S/C19H19Cl2NO3/c20-14-4-3-13(18(21)10-14)12-25-17-7-5-15(6-8-17)22-9-1-2-16(22)11-19(23)24/h3-8,10,16H,1-2,9,11-12H2,(H,23,24)/t16-/m1/s1. The molecular weight excluding hydrogens is 361 g/mol. The van der Waals surface area contributed by atoms with Crippen LogP contribution in [-0.2, 0) is 11.4 Å². The van der Waals surface area contributed by atoms with Crippen LogP contribution in [0.25, 0.3) is 0 Å². The molecule has 3 rings (SSSR count). The van der Waals surface area contributed by atoms with E-state index in [9.17, 15) is 4.79 Å². The van der Waals surface area contributed by atoms with Crippen molar-refractivity contribution in [1.29, 1.82) is 0 Å². The molecule has 0 bridgehead atoms. The Balaban J connectivity index is 1.63. The molecule has 0 spiro atoms. The molecule has 4 nitrogen and oxygen atoms in total. The second-order valence-electron chi connectivity index (χ2n) is 6.11.